The van der Waals surface area contributed by atoms with Gasteiger partial charge in [-0.15, -0.1) is 0 Å². The molecule has 0 spiro atoms. The van der Waals surface area contributed by atoms with Crippen molar-refractivity contribution in [2.75, 3.05) is 0 Å². The smallest absolute Gasteiger partial charge is 0.0745 e. The van der Waals surface area contributed by atoms with Gasteiger partial charge in [-0.3, -0.25) is 0 Å². The first-order valence-electron chi connectivity index (χ1n) is 19.9. The zero-order valence-corrected chi connectivity index (χ0v) is 35.4. The summed E-state index contributed by atoms with van der Waals surface area (Å²) in [5.74, 6) is 1.31. The molecule has 0 unspecified atom stereocenters. The molecule has 0 aliphatic heterocycles. The number of rotatable bonds is 10. The fourth-order valence-electron chi connectivity index (χ4n) is 4.53. The SMILES string of the molecule is C.C.C.C.C.C.C.C.C.C.C.C.CC.CC.CC.CC(C)=C1c2ccccc2-c2ccccc21.[B]C(CC)(CC)CC.[B]C(CC)CC.[B]CCC.[B]CCC(CC)CC. The maximum atomic E-state index is 5.90. The highest BCUT2D eigenvalue weighted by molar-refractivity contribution is 6.15. The van der Waals surface area contributed by atoms with Crippen molar-refractivity contribution < 1.29 is 0 Å². The molecule has 8 radical (unpaired) electrons. The molecular formula is C56H128B4. The van der Waals surface area contributed by atoms with Gasteiger partial charge in [-0.25, -0.2) is 0 Å². The number of benzene rings is 2. The third-order valence-corrected chi connectivity index (χ3v) is 8.36. The molecule has 0 nitrogen and oxygen atoms in total. The fourth-order valence-corrected chi connectivity index (χ4v) is 4.53. The molecule has 1 aliphatic carbocycles. The minimum absolute atomic E-state index is 0. The van der Waals surface area contributed by atoms with E-state index in [0.717, 1.165) is 57.1 Å². The largest absolute Gasteiger partial charge is 0.0889 e. The monoisotopic (exact) mass is 845 g/mol. The van der Waals surface area contributed by atoms with Crippen LogP contribution in [0.15, 0.2) is 54.1 Å². The van der Waals surface area contributed by atoms with Gasteiger partial charge in [-0.05, 0) is 47.6 Å². The Morgan fingerprint density at radius 1 is 0.467 bits per heavy atom. The summed E-state index contributed by atoms with van der Waals surface area (Å²) in [6, 6.07) is 17.3. The Bertz CT molecular complexity index is 878. The van der Waals surface area contributed by atoms with Gasteiger partial charge in [-0.1, -0.05) is 322 Å². The summed E-state index contributed by atoms with van der Waals surface area (Å²) in [6.07, 6.45) is 12.0. The van der Waals surface area contributed by atoms with E-state index < -0.39 is 0 Å². The zero-order valence-electron chi connectivity index (χ0n) is 35.4. The van der Waals surface area contributed by atoms with Crippen LogP contribution < -0.4 is 0 Å². The topological polar surface area (TPSA) is 0 Å². The van der Waals surface area contributed by atoms with Gasteiger partial charge in [0.25, 0.3) is 0 Å². The van der Waals surface area contributed by atoms with Crippen LogP contribution in [-0.2, 0) is 0 Å². The standard InChI is InChI=1S/C16H14.2C7H15B.C5H11B.C3H7B.3C2H6.12CH4/c1-11(2)16-14-9-5-3-7-12(14)13-8-4-6-10-15(13)16;1-4-7(8,5-2)6-3;1-3-7(4-2)5-6-8;1-3-5(6)4-2;1-2-3-4;3*1-2;;;;;;;;;;;;/h3-10H,1-2H3;4-6H2,1-3H3;7H,3-6H2,1-2H3;5H,3-4H2,1-2H3;2-3H2,1H3;3*1-2H3;12*1H4. The molecule has 0 amide bonds. The van der Waals surface area contributed by atoms with Crippen molar-refractivity contribution in [1.29, 1.82) is 0 Å². The quantitative estimate of drug-likeness (QED) is 0.178. The van der Waals surface area contributed by atoms with E-state index in [0.29, 0.717) is 5.82 Å². The summed E-state index contributed by atoms with van der Waals surface area (Å²) in [7, 11) is 21.8. The highest BCUT2D eigenvalue weighted by Crippen LogP contribution is 2.45. The predicted molar refractivity (Wildman–Crippen MR) is 314 cm³/mol. The molecule has 0 bridgehead atoms. The molecule has 0 heterocycles. The molecule has 2 aromatic carbocycles. The summed E-state index contributed by atoms with van der Waals surface area (Å²) < 4.78 is 0. The van der Waals surface area contributed by atoms with Gasteiger partial charge in [-0.2, -0.15) is 0 Å². The molecule has 2 aromatic rings. The molecule has 0 fully saturated rings. The van der Waals surface area contributed by atoms with E-state index in [2.05, 4.69) is 118 Å². The summed E-state index contributed by atoms with van der Waals surface area (Å²) in [4.78, 5) is 0. The second kappa shape index (κ2) is 81.3. The molecule has 4 heteroatoms. The van der Waals surface area contributed by atoms with Crippen molar-refractivity contribution in [1.82, 2.24) is 0 Å². The molecule has 0 aromatic heterocycles. The Kier molecular flexibility index (Phi) is 152. The Balaban J connectivity index is -0.0000000251. The van der Waals surface area contributed by atoms with Gasteiger partial charge < -0.3 is 0 Å². The molecular weight excluding hydrogens is 716 g/mol. The normalized spacial score (nSPS) is 8.00. The van der Waals surface area contributed by atoms with E-state index in [1.54, 1.807) is 0 Å². The lowest BCUT2D eigenvalue weighted by Crippen LogP contribution is -2.07. The summed E-state index contributed by atoms with van der Waals surface area (Å²) in [5, 5.41) is 0.125. The minimum atomic E-state index is 0. The van der Waals surface area contributed by atoms with Crippen LogP contribution in [-0.4, -0.2) is 31.4 Å². The van der Waals surface area contributed by atoms with Crippen LogP contribution in [0.2, 0.25) is 23.8 Å². The second-order valence-electron chi connectivity index (χ2n) is 11.5. The lowest BCUT2D eigenvalue weighted by molar-refractivity contribution is 0.477. The lowest BCUT2D eigenvalue weighted by Gasteiger charge is -2.24. The number of hydrogen-bond acceptors (Lipinski definition) is 0. The van der Waals surface area contributed by atoms with Crippen molar-refractivity contribution in [3.63, 3.8) is 0 Å². The molecule has 364 valence electrons. The Hall–Kier alpha value is -1.56. The van der Waals surface area contributed by atoms with Gasteiger partial charge in [0.1, 0.15) is 0 Å². The molecule has 1 aliphatic rings. The van der Waals surface area contributed by atoms with Crippen molar-refractivity contribution in [2.24, 2.45) is 5.92 Å². The van der Waals surface area contributed by atoms with E-state index in [1.807, 2.05) is 41.5 Å². The maximum absolute atomic E-state index is 5.90. The van der Waals surface area contributed by atoms with E-state index in [4.69, 9.17) is 31.4 Å². The van der Waals surface area contributed by atoms with Crippen LogP contribution in [0.5, 0.6) is 0 Å². The lowest BCUT2D eigenvalue weighted by atomic mass is 9.63. The van der Waals surface area contributed by atoms with E-state index >= 15 is 0 Å². The maximum Gasteiger partial charge on any atom is 0.0745 e. The Morgan fingerprint density at radius 2 is 0.717 bits per heavy atom. The van der Waals surface area contributed by atoms with Crippen LogP contribution in [0.3, 0.4) is 0 Å². The highest BCUT2D eigenvalue weighted by atomic mass is 14.3. The number of hydrogen-bond donors (Lipinski definition) is 0. The van der Waals surface area contributed by atoms with Gasteiger partial charge in [0, 0.05) is 0 Å². The van der Waals surface area contributed by atoms with Gasteiger partial charge in [0.2, 0.25) is 0 Å². The number of allylic oxidation sites excluding steroid dienone is 1. The summed E-state index contributed by atoms with van der Waals surface area (Å²) in [5.41, 5.74) is 8.29. The third kappa shape index (κ3) is 52.6. The first-order valence-corrected chi connectivity index (χ1v) is 19.9. The first kappa shape index (κ1) is 112. The van der Waals surface area contributed by atoms with E-state index in [1.165, 1.54) is 52.7 Å². The molecule has 0 atom stereocenters. The summed E-state index contributed by atoms with van der Waals surface area (Å²) in [6.45, 7) is 33.5. The molecule has 0 N–H and O–H groups in total. The average Bonchev–Trinajstić information content (AvgIpc) is 3.51. The molecule has 0 saturated carbocycles. The van der Waals surface area contributed by atoms with Gasteiger partial charge in [0.05, 0.1) is 31.4 Å². The third-order valence-electron chi connectivity index (χ3n) is 8.36. The average molecular weight is 845 g/mol. The molecule has 3 rings (SSSR count). The fraction of sp³-hybridized carbons (Fsp3) is 0.750. The number of fused-ring (bicyclic) bond motifs is 3. The second-order valence-corrected chi connectivity index (χ2v) is 11.5. The van der Waals surface area contributed by atoms with Crippen molar-refractivity contribution in [3.05, 3.63) is 65.2 Å². The molecule has 0 saturated heterocycles. The van der Waals surface area contributed by atoms with Crippen LogP contribution >= 0.6 is 0 Å². The van der Waals surface area contributed by atoms with Gasteiger partial charge in [0.15, 0.2) is 0 Å². The minimum Gasteiger partial charge on any atom is -0.0889 e. The van der Waals surface area contributed by atoms with E-state index in [9.17, 15) is 0 Å². The van der Waals surface area contributed by atoms with Gasteiger partial charge >= 0.3 is 0 Å². The highest BCUT2D eigenvalue weighted by Gasteiger charge is 2.22. The molecule has 60 heavy (non-hydrogen) atoms. The van der Waals surface area contributed by atoms with Crippen LogP contribution in [0, 0.1) is 5.92 Å². The van der Waals surface area contributed by atoms with Crippen LogP contribution in [0.1, 0.15) is 269 Å². The Morgan fingerprint density at radius 3 is 0.833 bits per heavy atom. The van der Waals surface area contributed by atoms with Crippen molar-refractivity contribution in [3.8, 4) is 11.1 Å². The van der Waals surface area contributed by atoms with E-state index in [-0.39, 0.29) is 94.4 Å². The van der Waals surface area contributed by atoms with Crippen LogP contribution in [0.4, 0.5) is 0 Å². The van der Waals surface area contributed by atoms with Crippen LogP contribution in [0.25, 0.3) is 16.7 Å². The predicted octanol–water partition coefficient (Wildman–Crippen LogP) is 22.9. The zero-order chi connectivity index (χ0) is 38.6. The Labute approximate surface area is 399 Å². The van der Waals surface area contributed by atoms with Crippen molar-refractivity contribution >= 4 is 37.0 Å². The van der Waals surface area contributed by atoms with Crippen molar-refractivity contribution in [2.45, 2.75) is 281 Å². The first-order chi connectivity index (χ1) is 23.0. The summed E-state index contributed by atoms with van der Waals surface area (Å²) >= 11 is 0.